The molecule has 0 aliphatic heterocycles. The summed E-state index contributed by atoms with van der Waals surface area (Å²) in [5.41, 5.74) is 0.471. The summed E-state index contributed by atoms with van der Waals surface area (Å²) in [6.07, 6.45) is 0. The molecule has 150 valence electrons. The van der Waals surface area contributed by atoms with Gasteiger partial charge >= 0.3 is 0 Å². The largest absolute Gasteiger partial charge is 0.325 e. The number of rotatable bonds is 6. The standard InChI is InChI=1S/C20H15Cl2FN2O3S/c21-14-10-15(22)12-18(11-14)25(29(27,28)19-4-2-1-3-5-19)13-20(26)24-17-8-6-16(23)7-9-17/h1-12H,13H2,(H,24,26). The lowest BCUT2D eigenvalue weighted by atomic mass is 10.3. The van der Waals surface area contributed by atoms with Crippen molar-refractivity contribution in [1.29, 1.82) is 0 Å². The van der Waals surface area contributed by atoms with Crippen LogP contribution >= 0.6 is 23.2 Å². The zero-order valence-electron chi connectivity index (χ0n) is 14.8. The fraction of sp³-hybridized carbons (Fsp3) is 0.0500. The molecule has 9 heteroatoms. The molecule has 0 aromatic heterocycles. The van der Waals surface area contributed by atoms with Crippen molar-refractivity contribution < 1.29 is 17.6 Å². The number of carbonyl (C=O) groups is 1. The topological polar surface area (TPSA) is 66.5 Å². The number of halogens is 3. The number of amides is 1. The Bertz CT molecular complexity index is 1100. The second-order valence-corrected chi connectivity index (χ2v) is 8.74. The summed E-state index contributed by atoms with van der Waals surface area (Å²) in [7, 11) is -4.09. The molecular formula is C20H15Cl2FN2O3S. The highest BCUT2D eigenvalue weighted by atomic mass is 35.5. The van der Waals surface area contributed by atoms with E-state index in [4.69, 9.17) is 23.2 Å². The number of nitrogens with zero attached hydrogens (tertiary/aromatic N) is 1. The highest BCUT2D eigenvalue weighted by molar-refractivity contribution is 7.92. The third-order valence-electron chi connectivity index (χ3n) is 3.88. The lowest BCUT2D eigenvalue weighted by Crippen LogP contribution is -2.38. The van der Waals surface area contributed by atoms with E-state index in [0.29, 0.717) is 5.69 Å². The third-order valence-corrected chi connectivity index (χ3v) is 6.11. The quantitative estimate of drug-likeness (QED) is 0.574. The third kappa shape index (κ3) is 5.26. The van der Waals surface area contributed by atoms with E-state index < -0.39 is 28.3 Å². The number of anilines is 2. The molecule has 0 bridgehead atoms. The van der Waals surface area contributed by atoms with E-state index in [9.17, 15) is 17.6 Å². The van der Waals surface area contributed by atoms with E-state index in [1.807, 2.05) is 0 Å². The molecular weight excluding hydrogens is 438 g/mol. The molecule has 1 N–H and O–H groups in total. The molecule has 0 atom stereocenters. The normalized spacial score (nSPS) is 11.1. The summed E-state index contributed by atoms with van der Waals surface area (Å²) in [6, 6.07) is 17.1. The Morgan fingerprint density at radius 1 is 0.931 bits per heavy atom. The van der Waals surface area contributed by atoms with Crippen LogP contribution in [-0.2, 0) is 14.8 Å². The first-order valence-electron chi connectivity index (χ1n) is 8.35. The molecule has 0 fully saturated rings. The van der Waals surface area contributed by atoms with Gasteiger partial charge in [0.15, 0.2) is 0 Å². The Morgan fingerprint density at radius 2 is 1.52 bits per heavy atom. The highest BCUT2D eigenvalue weighted by Crippen LogP contribution is 2.29. The van der Waals surface area contributed by atoms with Crippen LogP contribution in [0.15, 0.2) is 77.7 Å². The molecule has 0 spiro atoms. The van der Waals surface area contributed by atoms with E-state index in [0.717, 1.165) is 4.31 Å². The Morgan fingerprint density at radius 3 is 2.10 bits per heavy atom. The van der Waals surface area contributed by atoms with Crippen LogP contribution < -0.4 is 9.62 Å². The summed E-state index contributed by atoms with van der Waals surface area (Å²) in [5, 5.41) is 2.99. The number of nitrogens with one attached hydrogen (secondary N) is 1. The van der Waals surface area contributed by atoms with Crippen molar-refractivity contribution in [2.24, 2.45) is 0 Å². The average molecular weight is 453 g/mol. The lowest BCUT2D eigenvalue weighted by Gasteiger charge is -2.24. The molecule has 29 heavy (non-hydrogen) atoms. The first-order valence-corrected chi connectivity index (χ1v) is 10.5. The molecule has 0 aliphatic carbocycles. The van der Waals surface area contributed by atoms with Crippen molar-refractivity contribution in [3.05, 3.63) is 88.7 Å². The predicted molar refractivity (Wildman–Crippen MR) is 112 cm³/mol. The fourth-order valence-electron chi connectivity index (χ4n) is 2.58. The number of benzene rings is 3. The summed E-state index contributed by atoms with van der Waals surface area (Å²) in [4.78, 5) is 12.6. The van der Waals surface area contributed by atoms with Crippen LogP contribution in [0, 0.1) is 5.82 Å². The van der Waals surface area contributed by atoms with Crippen molar-refractivity contribution in [1.82, 2.24) is 0 Å². The molecule has 3 aromatic rings. The summed E-state index contributed by atoms with van der Waals surface area (Å²) >= 11 is 12.1. The van der Waals surface area contributed by atoms with Gasteiger partial charge in [-0.3, -0.25) is 9.10 Å². The van der Waals surface area contributed by atoms with E-state index in [1.165, 1.54) is 54.6 Å². The minimum Gasteiger partial charge on any atom is -0.325 e. The number of hydrogen-bond acceptors (Lipinski definition) is 3. The van der Waals surface area contributed by atoms with Crippen molar-refractivity contribution in [2.45, 2.75) is 4.90 Å². The van der Waals surface area contributed by atoms with Gasteiger partial charge < -0.3 is 5.32 Å². The number of hydrogen-bond donors (Lipinski definition) is 1. The van der Waals surface area contributed by atoms with Gasteiger partial charge in [-0.1, -0.05) is 41.4 Å². The van der Waals surface area contributed by atoms with Gasteiger partial charge in [0, 0.05) is 15.7 Å². The van der Waals surface area contributed by atoms with E-state index in [1.54, 1.807) is 18.2 Å². The Hall–Kier alpha value is -2.61. The van der Waals surface area contributed by atoms with E-state index in [-0.39, 0.29) is 20.6 Å². The monoisotopic (exact) mass is 452 g/mol. The Kier molecular flexibility index (Phi) is 6.42. The van der Waals surface area contributed by atoms with Crippen molar-refractivity contribution >= 4 is 50.5 Å². The molecule has 0 saturated heterocycles. The average Bonchev–Trinajstić information content (AvgIpc) is 2.68. The maximum Gasteiger partial charge on any atom is 0.264 e. The Labute approximate surface area is 177 Å². The smallest absolute Gasteiger partial charge is 0.264 e. The first-order chi connectivity index (χ1) is 13.8. The molecule has 0 unspecified atom stereocenters. The number of carbonyl (C=O) groups excluding carboxylic acids is 1. The van der Waals surface area contributed by atoms with Crippen LogP contribution in [0.4, 0.5) is 15.8 Å². The zero-order valence-corrected chi connectivity index (χ0v) is 17.2. The minimum atomic E-state index is -4.09. The van der Waals surface area contributed by atoms with E-state index in [2.05, 4.69) is 5.32 Å². The van der Waals surface area contributed by atoms with Crippen molar-refractivity contribution in [3.8, 4) is 0 Å². The molecule has 3 aromatic carbocycles. The first kappa shape index (κ1) is 21.1. The number of sulfonamides is 1. The molecule has 0 saturated carbocycles. The van der Waals surface area contributed by atoms with Crippen LogP contribution in [0.3, 0.4) is 0 Å². The van der Waals surface area contributed by atoms with Gasteiger partial charge in [-0.25, -0.2) is 12.8 Å². The molecule has 3 rings (SSSR count). The van der Waals surface area contributed by atoms with Crippen LogP contribution in [0.25, 0.3) is 0 Å². The van der Waals surface area contributed by atoms with Crippen molar-refractivity contribution in [2.75, 3.05) is 16.2 Å². The van der Waals surface area contributed by atoms with Gasteiger partial charge in [0.05, 0.1) is 10.6 Å². The molecule has 0 radical (unpaired) electrons. The van der Waals surface area contributed by atoms with Crippen LogP contribution in [0.1, 0.15) is 0 Å². The van der Waals surface area contributed by atoms with Gasteiger partial charge in [-0.05, 0) is 54.6 Å². The molecule has 0 heterocycles. The summed E-state index contributed by atoms with van der Waals surface area (Å²) in [6.45, 7) is -0.536. The van der Waals surface area contributed by atoms with Gasteiger partial charge in [0.2, 0.25) is 5.91 Å². The van der Waals surface area contributed by atoms with Gasteiger partial charge in [-0.2, -0.15) is 0 Å². The van der Waals surface area contributed by atoms with Gasteiger partial charge in [-0.15, -0.1) is 0 Å². The zero-order chi connectivity index (χ0) is 21.0. The maximum atomic E-state index is 13.2. The minimum absolute atomic E-state index is 0.00526. The Balaban J connectivity index is 1.96. The molecule has 5 nitrogen and oxygen atoms in total. The second-order valence-electron chi connectivity index (χ2n) is 6.01. The van der Waals surface area contributed by atoms with Crippen LogP contribution in [0.5, 0.6) is 0 Å². The second kappa shape index (κ2) is 8.82. The SMILES string of the molecule is O=C(CN(c1cc(Cl)cc(Cl)c1)S(=O)(=O)c1ccccc1)Nc1ccc(F)cc1. The summed E-state index contributed by atoms with van der Waals surface area (Å²) in [5.74, 6) is -1.07. The van der Waals surface area contributed by atoms with Gasteiger partial charge in [0.1, 0.15) is 12.4 Å². The summed E-state index contributed by atoms with van der Waals surface area (Å²) < 4.78 is 40.4. The highest BCUT2D eigenvalue weighted by Gasteiger charge is 2.27. The molecule has 0 aliphatic rings. The van der Waals surface area contributed by atoms with Gasteiger partial charge in [0.25, 0.3) is 10.0 Å². The lowest BCUT2D eigenvalue weighted by molar-refractivity contribution is -0.114. The molecule has 1 amide bonds. The predicted octanol–water partition coefficient (Wildman–Crippen LogP) is 4.97. The van der Waals surface area contributed by atoms with E-state index >= 15 is 0 Å². The maximum absolute atomic E-state index is 13.2. The van der Waals surface area contributed by atoms with Crippen molar-refractivity contribution in [3.63, 3.8) is 0 Å². The fourth-order valence-corrected chi connectivity index (χ4v) is 4.52. The van der Waals surface area contributed by atoms with Crippen LogP contribution in [0.2, 0.25) is 10.0 Å². The van der Waals surface area contributed by atoms with Crippen LogP contribution in [-0.4, -0.2) is 20.9 Å².